The van der Waals surface area contributed by atoms with E-state index in [2.05, 4.69) is 20.4 Å². The molecule has 1 atom stereocenters. The van der Waals surface area contributed by atoms with E-state index in [0.29, 0.717) is 12.2 Å². The molecular formula is C24H24N6O. The van der Waals surface area contributed by atoms with Crippen molar-refractivity contribution >= 4 is 17.5 Å². The van der Waals surface area contributed by atoms with Crippen molar-refractivity contribution in [1.29, 1.82) is 0 Å². The first-order chi connectivity index (χ1) is 15.1. The van der Waals surface area contributed by atoms with Crippen LogP contribution in [0, 0.1) is 0 Å². The van der Waals surface area contributed by atoms with Crippen LogP contribution in [0.25, 0.3) is 11.3 Å². The molecule has 0 fully saturated rings. The predicted molar refractivity (Wildman–Crippen MR) is 122 cm³/mol. The second-order valence-electron chi connectivity index (χ2n) is 7.27. The molecule has 1 N–H and O–H groups in total. The maximum Gasteiger partial charge on any atom is 0.248 e. The molecule has 1 amide bonds. The Bertz CT molecular complexity index is 1130. The highest BCUT2D eigenvalue weighted by atomic mass is 16.2. The number of nitrogens with one attached hydrogen (secondary N) is 1. The number of hydrogen-bond acceptors (Lipinski definition) is 5. The second-order valence-corrected chi connectivity index (χ2v) is 7.27. The van der Waals surface area contributed by atoms with Gasteiger partial charge in [-0.3, -0.25) is 14.5 Å². The van der Waals surface area contributed by atoms with Crippen LogP contribution in [0.4, 0.5) is 11.6 Å². The van der Waals surface area contributed by atoms with Crippen molar-refractivity contribution in [2.24, 2.45) is 7.05 Å². The standard InChI is InChI=1S/C24H24N6O/c1-29(22-10-6-7-13-26-22)21(16-18-8-4-3-5-9-18)24(31)27-23-17-20(28-30(23)2)19-11-14-25-15-12-19/h3-15,17,21H,16H2,1-2H3,(H,27,31)/t21-/m0/s1. The Morgan fingerprint density at radius 1 is 1.03 bits per heavy atom. The molecule has 0 aliphatic rings. The van der Waals surface area contributed by atoms with Gasteiger partial charge in [-0.25, -0.2) is 4.98 Å². The van der Waals surface area contributed by atoms with Gasteiger partial charge >= 0.3 is 0 Å². The third-order valence-corrected chi connectivity index (χ3v) is 5.16. The zero-order valence-corrected chi connectivity index (χ0v) is 17.5. The minimum absolute atomic E-state index is 0.124. The average molecular weight is 412 g/mol. The van der Waals surface area contributed by atoms with Crippen molar-refractivity contribution < 1.29 is 4.79 Å². The number of hydrogen-bond donors (Lipinski definition) is 1. The fourth-order valence-electron chi connectivity index (χ4n) is 3.42. The molecule has 0 aliphatic heterocycles. The third-order valence-electron chi connectivity index (χ3n) is 5.16. The highest BCUT2D eigenvalue weighted by molar-refractivity contribution is 5.96. The molecule has 0 spiro atoms. The number of pyridine rings is 2. The highest BCUT2D eigenvalue weighted by Crippen LogP contribution is 2.22. The Kier molecular flexibility index (Phi) is 6.03. The number of benzene rings is 1. The Hall–Kier alpha value is -4.00. The molecule has 4 rings (SSSR count). The van der Waals surface area contributed by atoms with Crippen LogP contribution < -0.4 is 10.2 Å². The van der Waals surface area contributed by atoms with Gasteiger partial charge < -0.3 is 10.2 Å². The van der Waals surface area contributed by atoms with Gasteiger partial charge in [0.05, 0.1) is 5.69 Å². The van der Waals surface area contributed by atoms with Crippen LogP contribution in [0.3, 0.4) is 0 Å². The summed E-state index contributed by atoms with van der Waals surface area (Å²) in [6.45, 7) is 0. The lowest BCUT2D eigenvalue weighted by atomic mass is 10.0. The summed E-state index contributed by atoms with van der Waals surface area (Å²) < 4.78 is 1.67. The first kappa shape index (κ1) is 20.3. The quantitative estimate of drug-likeness (QED) is 0.502. The van der Waals surface area contributed by atoms with Gasteiger partial charge in [-0.2, -0.15) is 5.10 Å². The van der Waals surface area contributed by atoms with Crippen molar-refractivity contribution in [3.63, 3.8) is 0 Å². The van der Waals surface area contributed by atoms with E-state index in [0.717, 1.165) is 22.6 Å². The van der Waals surface area contributed by atoms with Gasteiger partial charge in [-0.1, -0.05) is 36.4 Å². The van der Waals surface area contributed by atoms with Gasteiger partial charge in [0.15, 0.2) is 0 Å². The van der Waals surface area contributed by atoms with Crippen molar-refractivity contribution in [2.45, 2.75) is 12.5 Å². The van der Waals surface area contributed by atoms with Crippen LogP contribution in [0.2, 0.25) is 0 Å². The number of aromatic nitrogens is 4. The van der Waals surface area contributed by atoms with E-state index in [1.807, 2.05) is 85.7 Å². The van der Waals surface area contributed by atoms with Crippen molar-refractivity contribution in [1.82, 2.24) is 19.7 Å². The van der Waals surface area contributed by atoms with E-state index in [-0.39, 0.29) is 5.91 Å². The monoisotopic (exact) mass is 412 g/mol. The third kappa shape index (κ3) is 4.78. The summed E-state index contributed by atoms with van der Waals surface area (Å²) in [6.07, 6.45) is 5.72. The lowest BCUT2D eigenvalue weighted by Crippen LogP contribution is -2.44. The van der Waals surface area contributed by atoms with Crippen molar-refractivity contribution in [2.75, 3.05) is 17.3 Å². The predicted octanol–water partition coefficient (Wildman–Crippen LogP) is 3.56. The SMILES string of the molecule is CN(c1ccccn1)[C@@H](Cc1ccccc1)C(=O)Nc1cc(-c2ccncc2)nn1C. The molecule has 7 nitrogen and oxygen atoms in total. The number of nitrogens with zero attached hydrogens (tertiary/aromatic N) is 5. The van der Waals surface area contributed by atoms with Crippen LogP contribution in [-0.4, -0.2) is 38.7 Å². The maximum atomic E-state index is 13.4. The van der Waals surface area contributed by atoms with E-state index in [1.165, 1.54) is 0 Å². The number of carbonyl (C=O) groups excluding carboxylic acids is 1. The maximum absolute atomic E-state index is 13.4. The molecule has 0 unspecified atom stereocenters. The molecule has 0 radical (unpaired) electrons. The molecule has 4 aromatic rings. The molecule has 31 heavy (non-hydrogen) atoms. The Balaban J connectivity index is 1.59. The van der Waals surface area contributed by atoms with Crippen LogP contribution in [0.1, 0.15) is 5.56 Å². The number of amides is 1. The van der Waals surface area contributed by atoms with Crippen molar-refractivity contribution in [3.05, 3.63) is 90.9 Å². The summed E-state index contributed by atoms with van der Waals surface area (Å²) >= 11 is 0. The Morgan fingerprint density at radius 3 is 2.48 bits per heavy atom. The summed E-state index contributed by atoms with van der Waals surface area (Å²) in [7, 11) is 3.70. The van der Waals surface area contributed by atoms with Crippen LogP contribution in [-0.2, 0) is 18.3 Å². The molecule has 3 heterocycles. The van der Waals surface area contributed by atoms with Gasteiger partial charge in [-0.05, 0) is 29.8 Å². The van der Waals surface area contributed by atoms with E-state index >= 15 is 0 Å². The van der Waals surface area contributed by atoms with E-state index in [4.69, 9.17) is 0 Å². The molecule has 0 bridgehead atoms. The molecule has 156 valence electrons. The minimum Gasteiger partial charge on any atom is -0.347 e. The van der Waals surface area contributed by atoms with Gasteiger partial charge in [0.2, 0.25) is 5.91 Å². The number of carbonyl (C=O) groups is 1. The number of anilines is 2. The summed E-state index contributed by atoms with van der Waals surface area (Å²) in [5.41, 5.74) is 2.79. The van der Waals surface area contributed by atoms with Crippen LogP contribution in [0.15, 0.2) is 85.3 Å². The average Bonchev–Trinajstić information content (AvgIpc) is 3.19. The summed E-state index contributed by atoms with van der Waals surface area (Å²) in [5.74, 6) is 1.24. The zero-order valence-electron chi connectivity index (χ0n) is 17.5. The molecular weight excluding hydrogens is 388 g/mol. The number of likely N-dealkylation sites (N-methyl/N-ethyl adjacent to an activating group) is 1. The molecule has 3 aromatic heterocycles. The van der Waals surface area contributed by atoms with Gasteiger partial charge in [0.25, 0.3) is 0 Å². The fourth-order valence-corrected chi connectivity index (χ4v) is 3.42. The summed E-state index contributed by atoms with van der Waals surface area (Å²) in [6, 6.07) is 20.9. The molecule has 0 aliphatic carbocycles. The van der Waals surface area contributed by atoms with Crippen LogP contribution in [0.5, 0.6) is 0 Å². The number of rotatable bonds is 7. The van der Waals surface area contributed by atoms with Crippen molar-refractivity contribution in [3.8, 4) is 11.3 Å². The fraction of sp³-hybridized carbons (Fsp3) is 0.167. The highest BCUT2D eigenvalue weighted by Gasteiger charge is 2.26. The summed E-state index contributed by atoms with van der Waals surface area (Å²) in [5, 5.41) is 7.58. The number of aryl methyl sites for hydroxylation is 1. The molecule has 7 heteroatoms. The van der Waals surface area contributed by atoms with Gasteiger partial charge in [0.1, 0.15) is 17.7 Å². The normalized spacial score (nSPS) is 11.7. The van der Waals surface area contributed by atoms with E-state index in [9.17, 15) is 4.79 Å². The Morgan fingerprint density at radius 2 is 1.77 bits per heavy atom. The van der Waals surface area contributed by atoms with Gasteiger partial charge in [0, 0.05) is 50.7 Å². The molecule has 0 saturated heterocycles. The largest absolute Gasteiger partial charge is 0.347 e. The Labute approximate surface area is 181 Å². The smallest absolute Gasteiger partial charge is 0.248 e. The van der Waals surface area contributed by atoms with E-state index in [1.54, 1.807) is 23.3 Å². The zero-order chi connectivity index (χ0) is 21.6. The first-order valence-corrected chi connectivity index (χ1v) is 10.0. The topological polar surface area (TPSA) is 75.9 Å². The summed E-state index contributed by atoms with van der Waals surface area (Å²) in [4.78, 5) is 23.8. The minimum atomic E-state index is -0.448. The molecule has 0 saturated carbocycles. The van der Waals surface area contributed by atoms with Gasteiger partial charge in [-0.15, -0.1) is 0 Å². The van der Waals surface area contributed by atoms with Crippen LogP contribution >= 0.6 is 0 Å². The lowest BCUT2D eigenvalue weighted by Gasteiger charge is -2.28. The molecule has 1 aromatic carbocycles. The first-order valence-electron chi connectivity index (χ1n) is 10.0. The lowest BCUT2D eigenvalue weighted by molar-refractivity contribution is -0.117. The second kappa shape index (κ2) is 9.21. The van der Waals surface area contributed by atoms with E-state index < -0.39 is 6.04 Å².